The minimum atomic E-state index is 0. The fraction of sp³-hybridized carbons (Fsp3) is 0. The molecule has 0 radical (unpaired) electrons. The van der Waals surface area contributed by atoms with E-state index in [0.29, 0.717) is 0 Å². The summed E-state index contributed by atoms with van der Waals surface area (Å²) in [4.78, 5) is 0. The molecule has 1 rings (SSSR count). The van der Waals surface area contributed by atoms with Crippen LogP contribution in [0.5, 0.6) is 0 Å². The summed E-state index contributed by atoms with van der Waals surface area (Å²) in [6.45, 7) is 0. The zero-order valence-corrected chi connectivity index (χ0v) is 5.98. The van der Waals surface area contributed by atoms with E-state index in [4.69, 9.17) is 5.26 Å². The predicted octanol–water partition coefficient (Wildman–Crippen LogP) is -1.17. The third-order valence-corrected chi connectivity index (χ3v) is 1.48. The van der Waals surface area contributed by atoms with E-state index in [2.05, 4.69) is 0 Å². The average molecular weight is 129 g/mol. The van der Waals surface area contributed by atoms with Crippen LogP contribution in [0, 0.1) is 17.8 Å². The van der Waals surface area contributed by atoms with Crippen molar-refractivity contribution < 1.29 is 18.9 Å². The summed E-state index contributed by atoms with van der Waals surface area (Å²) in [6.07, 6.45) is 1.52. The molecule has 1 aromatic heterocycles. The summed E-state index contributed by atoms with van der Waals surface area (Å²) in [5.74, 6) is 0. The maximum atomic E-state index is 8.14. The molecule has 0 saturated heterocycles. The molecule has 3 heteroatoms. The summed E-state index contributed by atoms with van der Waals surface area (Å²) in [5, 5.41) is 12.0. The number of nitrogens with zero attached hydrogens (tertiary/aromatic N) is 1. The van der Waals surface area contributed by atoms with E-state index in [1.807, 2.05) is 22.9 Å². The van der Waals surface area contributed by atoms with E-state index in [1.54, 1.807) is 11.3 Å². The number of hydrogen-bond donors (Lipinski definition) is 0. The van der Waals surface area contributed by atoms with Crippen LogP contribution in [0.25, 0.3) is 0 Å². The molecule has 0 aliphatic carbocycles. The Morgan fingerprint density at radius 2 is 2.44 bits per heavy atom. The molecule has 0 aliphatic rings. The van der Waals surface area contributed by atoms with E-state index in [1.165, 1.54) is 6.42 Å². The van der Waals surface area contributed by atoms with Gasteiger partial charge < -0.3 is 0 Å². The monoisotopic (exact) mass is 129 g/mol. The normalized spacial score (nSPS) is 7.00. The van der Waals surface area contributed by atoms with E-state index in [9.17, 15) is 0 Å². The molecule has 0 amide bonds. The molecule has 9 heavy (non-hydrogen) atoms. The Bertz CT molecular complexity index is 187. The Balaban J connectivity index is 0.000000640. The summed E-state index contributed by atoms with van der Waals surface area (Å²) in [5.41, 5.74) is 0.998. The van der Waals surface area contributed by atoms with Gasteiger partial charge in [0.2, 0.25) is 0 Å². The zero-order valence-electron chi connectivity index (χ0n) is 5.16. The summed E-state index contributed by atoms with van der Waals surface area (Å²) < 4.78 is 0. The van der Waals surface area contributed by atoms with Gasteiger partial charge in [-0.15, -0.1) is 5.38 Å². The topological polar surface area (TPSA) is 23.8 Å². The number of rotatable bonds is 1. The van der Waals surface area contributed by atoms with Crippen LogP contribution < -0.4 is 18.9 Å². The molecule has 0 unspecified atom stereocenters. The first kappa shape index (κ1) is 8.66. The van der Waals surface area contributed by atoms with Gasteiger partial charge >= 0.3 is 18.9 Å². The van der Waals surface area contributed by atoms with Crippen LogP contribution in [0.1, 0.15) is 5.56 Å². The SMILES string of the molecule is N#C[CH-]c1ccsc1.[Li+]. The zero-order chi connectivity index (χ0) is 5.82. The van der Waals surface area contributed by atoms with Gasteiger partial charge in [-0.2, -0.15) is 11.6 Å². The third kappa shape index (κ3) is 2.63. The molecule has 0 bridgehead atoms. The van der Waals surface area contributed by atoms with Crippen LogP contribution in [0.2, 0.25) is 0 Å². The maximum Gasteiger partial charge on any atom is 1.00 e. The molecular formula is C6H4LiNS. The van der Waals surface area contributed by atoms with Crippen LogP contribution in [0.4, 0.5) is 0 Å². The van der Waals surface area contributed by atoms with E-state index in [0.717, 1.165) is 5.56 Å². The molecule has 0 fully saturated rings. The van der Waals surface area contributed by atoms with Crippen LogP contribution in [-0.4, -0.2) is 0 Å². The quantitative estimate of drug-likeness (QED) is 0.346. The van der Waals surface area contributed by atoms with Gasteiger partial charge in [0.1, 0.15) is 0 Å². The molecule has 0 atom stereocenters. The minimum Gasteiger partial charge on any atom is -0.234 e. The second-order valence-electron chi connectivity index (χ2n) is 1.33. The largest absolute Gasteiger partial charge is 1.00 e. The van der Waals surface area contributed by atoms with Gasteiger partial charge in [0, 0.05) is 6.07 Å². The molecule has 0 N–H and O–H groups in total. The number of hydrogen-bond acceptors (Lipinski definition) is 2. The Hall–Kier alpha value is -0.343. The first-order valence-electron chi connectivity index (χ1n) is 2.18. The standard InChI is InChI=1S/C6H4NS.Li/c7-3-1-6-2-4-8-5-6;/h1-2,4-5H;/q-1;+1. The van der Waals surface area contributed by atoms with Gasteiger partial charge in [0.05, 0.1) is 0 Å². The Morgan fingerprint density at radius 1 is 1.67 bits per heavy atom. The Morgan fingerprint density at radius 3 is 2.89 bits per heavy atom. The fourth-order valence-corrected chi connectivity index (χ4v) is 1.05. The van der Waals surface area contributed by atoms with Crippen LogP contribution in [0.3, 0.4) is 0 Å². The molecule has 0 aromatic carbocycles. The van der Waals surface area contributed by atoms with Crippen molar-refractivity contribution in [3.05, 3.63) is 28.8 Å². The van der Waals surface area contributed by atoms with E-state index < -0.39 is 0 Å². The number of nitriles is 1. The molecule has 0 aliphatic heterocycles. The minimum absolute atomic E-state index is 0. The molecule has 40 valence electrons. The van der Waals surface area contributed by atoms with Crippen molar-refractivity contribution in [2.24, 2.45) is 0 Å². The van der Waals surface area contributed by atoms with Crippen LogP contribution in [-0.2, 0) is 0 Å². The summed E-state index contributed by atoms with van der Waals surface area (Å²) in [7, 11) is 0. The van der Waals surface area contributed by atoms with E-state index >= 15 is 0 Å². The van der Waals surface area contributed by atoms with Crippen molar-refractivity contribution in [3.8, 4) is 6.07 Å². The second kappa shape index (κ2) is 4.53. The average Bonchev–Trinajstić information content (AvgIpc) is 2.19. The molecular weight excluding hydrogens is 125 g/mol. The van der Waals surface area contributed by atoms with Crippen molar-refractivity contribution in [2.75, 3.05) is 0 Å². The second-order valence-corrected chi connectivity index (χ2v) is 2.11. The predicted molar refractivity (Wildman–Crippen MR) is 33.3 cm³/mol. The van der Waals surface area contributed by atoms with Crippen molar-refractivity contribution in [1.29, 1.82) is 5.26 Å². The van der Waals surface area contributed by atoms with Crippen molar-refractivity contribution in [2.45, 2.75) is 0 Å². The van der Waals surface area contributed by atoms with Crippen LogP contribution in [0.15, 0.2) is 16.8 Å². The van der Waals surface area contributed by atoms with E-state index in [-0.39, 0.29) is 18.9 Å². The van der Waals surface area contributed by atoms with Gasteiger partial charge in [0.15, 0.2) is 0 Å². The van der Waals surface area contributed by atoms with Crippen molar-refractivity contribution in [3.63, 3.8) is 0 Å². The van der Waals surface area contributed by atoms with Gasteiger partial charge in [-0.1, -0.05) is 11.8 Å². The van der Waals surface area contributed by atoms with Crippen molar-refractivity contribution in [1.82, 2.24) is 0 Å². The molecule has 0 spiro atoms. The molecule has 1 aromatic rings. The molecule has 1 nitrogen and oxygen atoms in total. The first-order chi connectivity index (χ1) is 3.93. The van der Waals surface area contributed by atoms with Gasteiger partial charge in [-0.25, -0.2) is 16.6 Å². The van der Waals surface area contributed by atoms with Gasteiger partial charge in [-0.3, -0.25) is 0 Å². The molecule has 1 heterocycles. The fourth-order valence-electron chi connectivity index (χ4n) is 0.432. The van der Waals surface area contributed by atoms with Gasteiger partial charge in [-0.05, 0) is 0 Å². The van der Waals surface area contributed by atoms with Gasteiger partial charge in [0.25, 0.3) is 0 Å². The first-order valence-corrected chi connectivity index (χ1v) is 3.13. The Kier molecular flexibility index (Phi) is 4.36. The van der Waals surface area contributed by atoms with Crippen LogP contribution >= 0.6 is 11.3 Å². The molecule has 0 saturated carbocycles. The van der Waals surface area contributed by atoms with Crippen molar-refractivity contribution >= 4 is 11.3 Å². The number of thiophene rings is 1. The maximum absolute atomic E-state index is 8.14. The summed E-state index contributed by atoms with van der Waals surface area (Å²) >= 11 is 1.60. The Labute approximate surface area is 70.5 Å². The smallest absolute Gasteiger partial charge is 0.234 e. The third-order valence-electron chi connectivity index (χ3n) is 0.774. The summed E-state index contributed by atoms with van der Waals surface area (Å²) in [6, 6.07) is 3.86.